The SMILES string of the molecule is COc1ccc(-c2nc(C3CC3)c(CN)s2)cc1OC. The maximum atomic E-state index is 5.84. The van der Waals surface area contributed by atoms with E-state index in [1.165, 1.54) is 23.4 Å². The van der Waals surface area contributed by atoms with E-state index in [2.05, 4.69) is 0 Å². The van der Waals surface area contributed by atoms with Gasteiger partial charge in [0.1, 0.15) is 5.01 Å². The van der Waals surface area contributed by atoms with Crippen LogP contribution in [-0.2, 0) is 6.54 Å². The zero-order chi connectivity index (χ0) is 14.1. The Morgan fingerprint density at radius 1 is 1.25 bits per heavy atom. The molecule has 0 aliphatic heterocycles. The van der Waals surface area contributed by atoms with Gasteiger partial charge in [-0.1, -0.05) is 0 Å². The number of nitrogens with two attached hydrogens (primary N) is 1. The van der Waals surface area contributed by atoms with Gasteiger partial charge >= 0.3 is 0 Å². The molecule has 2 N–H and O–H groups in total. The summed E-state index contributed by atoms with van der Waals surface area (Å²) in [4.78, 5) is 5.99. The molecule has 106 valence electrons. The summed E-state index contributed by atoms with van der Waals surface area (Å²) in [5, 5.41) is 1.01. The van der Waals surface area contributed by atoms with Crippen LogP contribution in [0.4, 0.5) is 0 Å². The maximum Gasteiger partial charge on any atom is 0.161 e. The monoisotopic (exact) mass is 290 g/mol. The third kappa shape index (κ3) is 2.39. The van der Waals surface area contributed by atoms with Crippen molar-refractivity contribution in [2.45, 2.75) is 25.3 Å². The van der Waals surface area contributed by atoms with Crippen molar-refractivity contribution in [2.24, 2.45) is 5.73 Å². The van der Waals surface area contributed by atoms with E-state index in [0.29, 0.717) is 12.5 Å². The van der Waals surface area contributed by atoms with Gasteiger partial charge in [0.15, 0.2) is 11.5 Å². The van der Waals surface area contributed by atoms with E-state index in [1.807, 2.05) is 18.2 Å². The third-order valence-electron chi connectivity index (χ3n) is 3.51. The van der Waals surface area contributed by atoms with E-state index in [0.717, 1.165) is 22.1 Å². The van der Waals surface area contributed by atoms with Crippen molar-refractivity contribution in [3.63, 3.8) is 0 Å². The molecule has 4 nitrogen and oxygen atoms in total. The summed E-state index contributed by atoms with van der Waals surface area (Å²) < 4.78 is 10.6. The molecule has 0 radical (unpaired) electrons. The second-order valence-corrected chi connectivity index (χ2v) is 5.96. The van der Waals surface area contributed by atoms with Crippen LogP contribution >= 0.6 is 11.3 Å². The highest BCUT2D eigenvalue weighted by molar-refractivity contribution is 7.15. The molecule has 5 heteroatoms. The molecular formula is C15H18N2O2S. The van der Waals surface area contributed by atoms with Gasteiger partial charge < -0.3 is 15.2 Å². The van der Waals surface area contributed by atoms with Crippen LogP contribution in [0.15, 0.2) is 18.2 Å². The zero-order valence-corrected chi connectivity index (χ0v) is 12.5. The Morgan fingerprint density at radius 2 is 2.00 bits per heavy atom. The number of aromatic nitrogens is 1. The van der Waals surface area contributed by atoms with Crippen LogP contribution in [0, 0.1) is 0 Å². The molecule has 1 aromatic heterocycles. The lowest BCUT2D eigenvalue weighted by molar-refractivity contribution is 0.355. The average Bonchev–Trinajstić information content (AvgIpc) is 3.25. The largest absolute Gasteiger partial charge is 0.493 e. The van der Waals surface area contributed by atoms with Crippen LogP contribution in [0.25, 0.3) is 10.6 Å². The Labute approximate surface area is 122 Å². The lowest BCUT2D eigenvalue weighted by atomic mass is 10.2. The van der Waals surface area contributed by atoms with Gasteiger partial charge in [-0.2, -0.15) is 0 Å². The number of rotatable bonds is 5. The first-order valence-corrected chi connectivity index (χ1v) is 7.50. The number of benzene rings is 1. The molecule has 1 aliphatic rings. The molecule has 0 spiro atoms. The van der Waals surface area contributed by atoms with Crippen LogP contribution in [0.3, 0.4) is 0 Å². The molecule has 1 aliphatic carbocycles. The fraction of sp³-hybridized carbons (Fsp3) is 0.400. The van der Waals surface area contributed by atoms with Crippen LogP contribution in [0.2, 0.25) is 0 Å². The molecule has 0 atom stereocenters. The second-order valence-electron chi connectivity index (χ2n) is 4.88. The molecule has 1 saturated carbocycles. The average molecular weight is 290 g/mol. The van der Waals surface area contributed by atoms with Gasteiger partial charge in [-0.3, -0.25) is 0 Å². The van der Waals surface area contributed by atoms with Gasteiger partial charge in [-0.05, 0) is 31.0 Å². The number of ether oxygens (including phenoxy) is 2. The summed E-state index contributed by atoms with van der Waals surface area (Å²) in [5.74, 6) is 2.08. The summed E-state index contributed by atoms with van der Waals surface area (Å²) in [6, 6.07) is 5.89. The van der Waals surface area contributed by atoms with Crippen molar-refractivity contribution in [1.82, 2.24) is 4.98 Å². The second kappa shape index (κ2) is 5.42. The molecular weight excluding hydrogens is 272 g/mol. The van der Waals surface area contributed by atoms with E-state index in [9.17, 15) is 0 Å². The number of nitrogens with zero attached hydrogens (tertiary/aromatic N) is 1. The van der Waals surface area contributed by atoms with E-state index in [4.69, 9.17) is 20.2 Å². The Morgan fingerprint density at radius 3 is 2.60 bits per heavy atom. The van der Waals surface area contributed by atoms with Gasteiger partial charge in [0, 0.05) is 22.9 Å². The standard InChI is InChI=1S/C15H18N2O2S/c1-18-11-6-5-10(7-12(11)19-2)15-17-14(9-3-4-9)13(8-16)20-15/h5-7,9H,3-4,8,16H2,1-2H3. The predicted molar refractivity (Wildman–Crippen MR) is 80.5 cm³/mol. The summed E-state index contributed by atoms with van der Waals surface area (Å²) in [5.41, 5.74) is 8.08. The summed E-state index contributed by atoms with van der Waals surface area (Å²) in [7, 11) is 3.28. The van der Waals surface area contributed by atoms with E-state index in [1.54, 1.807) is 25.6 Å². The minimum absolute atomic E-state index is 0.566. The highest BCUT2D eigenvalue weighted by Gasteiger charge is 2.29. The molecule has 2 aromatic rings. The van der Waals surface area contributed by atoms with Gasteiger partial charge in [0.05, 0.1) is 19.9 Å². The number of thiazole rings is 1. The first kappa shape index (κ1) is 13.4. The fourth-order valence-electron chi connectivity index (χ4n) is 2.28. The smallest absolute Gasteiger partial charge is 0.161 e. The van der Waals surface area contributed by atoms with E-state index in [-0.39, 0.29) is 0 Å². The number of hydrogen-bond donors (Lipinski definition) is 1. The molecule has 20 heavy (non-hydrogen) atoms. The highest BCUT2D eigenvalue weighted by Crippen LogP contribution is 2.44. The van der Waals surface area contributed by atoms with Gasteiger partial charge in [-0.15, -0.1) is 11.3 Å². The van der Waals surface area contributed by atoms with Crippen LogP contribution in [0.5, 0.6) is 11.5 Å². The van der Waals surface area contributed by atoms with Crippen molar-refractivity contribution < 1.29 is 9.47 Å². The molecule has 0 bridgehead atoms. The molecule has 3 rings (SSSR count). The van der Waals surface area contributed by atoms with E-state index < -0.39 is 0 Å². The third-order valence-corrected chi connectivity index (χ3v) is 4.65. The zero-order valence-electron chi connectivity index (χ0n) is 11.7. The summed E-state index contributed by atoms with van der Waals surface area (Å²) >= 11 is 1.68. The summed E-state index contributed by atoms with van der Waals surface area (Å²) in [6.07, 6.45) is 2.48. The van der Waals surface area contributed by atoms with Gasteiger partial charge in [-0.25, -0.2) is 4.98 Å². The van der Waals surface area contributed by atoms with Gasteiger partial charge in [0.2, 0.25) is 0 Å². The minimum Gasteiger partial charge on any atom is -0.493 e. The fourth-order valence-corrected chi connectivity index (χ4v) is 3.30. The van der Waals surface area contributed by atoms with Crippen molar-refractivity contribution in [3.05, 3.63) is 28.8 Å². The molecule has 0 unspecified atom stereocenters. The molecule has 1 heterocycles. The quantitative estimate of drug-likeness (QED) is 0.919. The lowest BCUT2D eigenvalue weighted by Gasteiger charge is -2.08. The van der Waals surface area contributed by atoms with Crippen molar-refractivity contribution in [3.8, 4) is 22.1 Å². The van der Waals surface area contributed by atoms with Crippen molar-refractivity contribution in [1.29, 1.82) is 0 Å². The first-order valence-electron chi connectivity index (χ1n) is 6.69. The number of methoxy groups -OCH3 is 2. The lowest BCUT2D eigenvalue weighted by Crippen LogP contribution is -1.96. The normalized spacial score (nSPS) is 14.3. The van der Waals surface area contributed by atoms with Gasteiger partial charge in [0.25, 0.3) is 0 Å². The topological polar surface area (TPSA) is 57.4 Å². The highest BCUT2D eigenvalue weighted by atomic mass is 32.1. The summed E-state index contributed by atoms with van der Waals surface area (Å²) in [6.45, 7) is 0.566. The van der Waals surface area contributed by atoms with Crippen LogP contribution < -0.4 is 15.2 Å². The Bertz CT molecular complexity index is 620. The van der Waals surface area contributed by atoms with Crippen LogP contribution in [0.1, 0.15) is 29.3 Å². The Balaban J connectivity index is 2.00. The minimum atomic E-state index is 0.566. The molecule has 1 fully saturated rings. The Kier molecular flexibility index (Phi) is 3.63. The van der Waals surface area contributed by atoms with Crippen molar-refractivity contribution in [2.75, 3.05) is 14.2 Å². The van der Waals surface area contributed by atoms with Crippen LogP contribution in [-0.4, -0.2) is 19.2 Å². The first-order chi connectivity index (χ1) is 9.76. The maximum absolute atomic E-state index is 5.84. The predicted octanol–water partition coefficient (Wildman–Crippen LogP) is 3.16. The molecule has 0 amide bonds. The molecule has 1 aromatic carbocycles. The Hall–Kier alpha value is -1.59. The number of hydrogen-bond acceptors (Lipinski definition) is 5. The van der Waals surface area contributed by atoms with Crippen molar-refractivity contribution >= 4 is 11.3 Å². The van der Waals surface area contributed by atoms with E-state index >= 15 is 0 Å². The molecule has 0 saturated heterocycles.